The van der Waals surface area contributed by atoms with Gasteiger partial charge in [-0.25, -0.2) is 0 Å². The SMILES string of the molecule is CNC(c1ccc(Cl)s1)c1c(C)oc(C)c1C. The van der Waals surface area contributed by atoms with Crippen LogP contribution in [0.3, 0.4) is 0 Å². The Hall–Kier alpha value is -0.770. The predicted octanol–water partition coefficient (Wildman–Crippen LogP) is 4.23. The van der Waals surface area contributed by atoms with Crippen molar-refractivity contribution in [1.82, 2.24) is 5.32 Å². The number of hydrogen-bond donors (Lipinski definition) is 1. The minimum Gasteiger partial charge on any atom is -0.466 e. The van der Waals surface area contributed by atoms with Crippen LogP contribution in [0.4, 0.5) is 0 Å². The molecule has 0 aromatic carbocycles. The van der Waals surface area contributed by atoms with Crippen LogP contribution in [0.1, 0.15) is 33.6 Å². The van der Waals surface area contributed by atoms with E-state index in [0.29, 0.717) is 0 Å². The lowest BCUT2D eigenvalue weighted by Gasteiger charge is -2.15. The van der Waals surface area contributed by atoms with Crippen molar-refractivity contribution in [2.24, 2.45) is 0 Å². The molecule has 2 aromatic rings. The third-order valence-corrected chi connectivity index (χ3v) is 4.37. The van der Waals surface area contributed by atoms with Gasteiger partial charge in [0.15, 0.2) is 0 Å². The zero-order valence-electron chi connectivity index (χ0n) is 10.4. The molecule has 2 nitrogen and oxygen atoms in total. The molecule has 0 radical (unpaired) electrons. The van der Waals surface area contributed by atoms with Crippen LogP contribution >= 0.6 is 22.9 Å². The lowest BCUT2D eigenvalue weighted by molar-refractivity contribution is 0.496. The maximum Gasteiger partial charge on any atom is 0.106 e. The van der Waals surface area contributed by atoms with Gasteiger partial charge in [-0.05, 0) is 45.5 Å². The van der Waals surface area contributed by atoms with E-state index in [-0.39, 0.29) is 6.04 Å². The number of nitrogens with one attached hydrogen (secondary N) is 1. The topological polar surface area (TPSA) is 25.2 Å². The summed E-state index contributed by atoms with van der Waals surface area (Å²) in [5.41, 5.74) is 2.44. The number of aryl methyl sites for hydroxylation is 2. The first-order valence-electron chi connectivity index (χ1n) is 5.53. The maximum atomic E-state index is 6.00. The summed E-state index contributed by atoms with van der Waals surface area (Å²) in [5, 5.41) is 3.33. The van der Waals surface area contributed by atoms with Crippen molar-refractivity contribution < 1.29 is 4.42 Å². The first-order valence-corrected chi connectivity index (χ1v) is 6.73. The summed E-state index contributed by atoms with van der Waals surface area (Å²) < 4.78 is 6.50. The van der Waals surface area contributed by atoms with Crippen LogP contribution in [0, 0.1) is 20.8 Å². The molecular formula is C13H16ClNOS. The molecule has 1 atom stereocenters. The van der Waals surface area contributed by atoms with Gasteiger partial charge in [-0.3, -0.25) is 0 Å². The molecule has 0 aliphatic heterocycles. The summed E-state index contributed by atoms with van der Waals surface area (Å²) in [4.78, 5) is 1.21. The molecule has 2 aromatic heterocycles. The van der Waals surface area contributed by atoms with Crippen LogP contribution in [0.2, 0.25) is 4.34 Å². The standard InChI is InChI=1S/C13H16ClNOS/c1-7-8(2)16-9(3)12(7)13(15-4)10-5-6-11(14)17-10/h5-6,13,15H,1-4H3. The molecule has 4 heteroatoms. The average molecular weight is 270 g/mol. The first kappa shape index (κ1) is 12.7. The van der Waals surface area contributed by atoms with Crippen molar-refractivity contribution in [2.45, 2.75) is 26.8 Å². The third kappa shape index (κ3) is 2.28. The molecule has 0 saturated heterocycles. The highest BCUT2D eigenvalue weighted by Gasteiger charge is 2.22. The van der Waals surface area contributed by atoms with Crippen LogP contribution in [-0.2, 0) is 0 Å². The van der Waals surface area contributed by atoms with Gasteiger partial charge in [0.25, 0.3) is 0 Å². The Kier molecular flexibility index (Phi) is 3.61. The van der Waals surface area contributed by atoms with Crippen LogP contribution in [0.5, 0.6) is 0 Å². The van der Waals surface area contributed by atoms with E-state index in [0.717, 1.165) is 15.9 Å². The smallest absolute Gasteiger partial charge is 0.106 e. The van der Waals surface area contributed by atoms with Gasteiger partial charge in [-0.2, -0.15) is 0 Å². The molecular weight excluding hydrogens is 254 g/mol. The fourth-order valence-electron chi connectivity index (χ4n) is 2.15. The second-order valence-electron chi connectivity index (χ2n) is 4.12. The second kappa shape index (κ2) is 4.84. The van der Waals surface area contributed by atoms with Gasteiger partial charge >= 0.3 is 0 Å². The molecule has 1 N–H and O–H groups in total. The Morgan fingerprint density at radius 1 is 1.24 bits per heavy atom. The Labute approximate surface area is 111 Å². The number of halogens is 1. The Morgan fingerprint density at radius 2 is 1.94 bits per heavy atom. The number of hydrogen-bond acceptors (Lipinski definition) is 3. The van der Waals surface area contributed by atoms with Crippen LogP contribution in [0.25, 0.3) is 0 Å². The summed E-state index contributed by atoms with van der Waals surface area (Å²) in [6, 6.07) is 4.16. The highest BCUT2D eigenvalue weighted by Crippen LogP contribution is 2.35. The van der Waals surface area contributed by atoms with Gasteiger partial charge < -0.3 is 9.73 Å². The average Bonchev–Trinajstić information content (AvgIpc) is 2.79. The van der Waals surface area contributed by atoms with E-state index < -0.39 is 0 Å². The van der Waals surface area contributed by atoms with E-state index in [9.17, 15) is 0 Å². The first-order chi connectivity index (χ1) is 8.04. The van der Waals surface area contributed by atoms with Gasteiger partial charge in [0.2, 0.25) is 0 Å². The summed E-state index contributed by atoms with van der Waals surface area (Å²) in [5.74, 6) is 1.96. The van der Waals surface area contributed by atoms with E-state index in [4.69, 9.17) is 16.0 Å². The van der Waals surface area contributed by atoms with E-state index in [2.05, 4.69) is 18.3 Å². The van der Waals surface area contributed by atoms with E-state index >= 15 is 0 Å². The van der Waals surface area contributed by atoms with Gasteiger partial charge in [-0.1, -0.05) is 11.6 Å². The van der Waals surface area contributed by atoms with Crippen LogP contribution in [-0.4, -0.2) is 7.05 Å². The van der Waals surface area contributed by atoms with Crippen LogP contribution in [0.15, 0.2) is 16.5 Å². The predicted molar refractivity (Wildman–Crippen MR) is 73.2 cm³/mol. The summed E-state index contributed by atoms with van der Waals surface area (Å²) in [7, 11) is 1.96. The zero-order chi connectivity index (χ0) is 12.6. The van der Waals surface area contributed by atoms with E-state index in [1.165, 1.54) is 16.0 Å². The minimum atomic E-state index is 0.157. The quantitative estimate of drug-likeness (QED) is 0.902. The fraction of sp³-hybridized carbons (Fsp3) is 0.385. The Bertz CT molecular complexity index is 530. The van der Waals surface area contributed by atoms with Gasteiger partial charge in [0.05, 0.1) is 10.4 Å². The molecule has 0 amide bonds. The molecule has 1 unspecified atom stereocenters. The molecule has 0 fully saturated rings. The monoisotopic (exact) mass is 269 g/mol. The molecule has 0 saturated carbocycles. The van der Waals surface area contributed by atoms with Crippen molar-refractivity contribution in [3.05, 3.63) is 44.0 Å². The zero-order valence-corrected chi connectivity index (χ0v) is 12.0. The number of thiophene rings is 1. The molecule has 92 valence electrons. The van der Waals surface area contributed by atoms with Gasteiger partial charge in [-0.15, -0.1) is 11.3 Å². The minimum absolute atomic E-state index is 0.157. The third-order valence-electron chi connectivity index (χ3n) is 3.07. The van der Waals surface area contributed by atoms with Crippen molar-refractivity contribution in [3.8, 4) is 0 Å². The number of furan rings is 1. The van der Waals surface area contributed by atoms with Crippen molar-refractivity contribution in [3.63, 3.8) is 0 Å². The highest BCUT2D eigenvalue weighted by molar-refractivity contribution is 7.16. The number of rotatable bonds is 3. The van der Waals surface area contributed by atoms with Crippen molar-refractivity contribution >= 4 is 22.9 Å². The molecule has 0 spiro atoms. The Morgan fingerprint density at radius 3 is 2.35 bits per heavy atom. The maximum absolute atomic E-state index is 6.00. The summed E-state index contributed by atoms with van der Waals surface area (Å²) in [6.45, 7) is 6.11. The lowest BCUT2D eigenvalue weighted by Crippen LogP contribution is -2.17. The second-order valence-corrected chi connectivity index (χ2v) is 5.86. The van der Waals surface area contributed by atoms with Crippen LogP contribution < -0.4 is 5.32 Å². The normalized spacial score (nSPS) is 13.0. The van der Waals surface area contributed by atoms with Gasteiger partial charge in [0.1, 0.15) is 11.5 Å². The van der Waals surface area contributed by atoms with E-state index in [1.54, 1.807) is 11.3 Å². The fourth-order valence-corrected chi connectivity index (χ4v) is 3.33. The molecule has 0 bridgehead atoms. The molecule has 17 heavy (non-hydrogen) atoms. The lowest BCUT2D eigenvalue weighted by atomic mass is 10.0. The Balaban J connectivity index is 2.49. The molecule has 0 aliphatic carbocycles. The summed E-state index contributed by atoms with van der Waals surface area (Å²) >= 11 is 7.60. The molecule has 0 aliphatic rings. The molecule has 2 rings (SSSR count). The highest BCUT2D eigenvalue weighted by atomic mass is 35.5. The summed E-state index contributed by atoms with van der Waals surface area (Å²) in [6.07, 6.45) is 0. The van der Waals surface area contributed by atoms with Gasteiger partial charge in [0, 0.05) is 10.4 Å². The van der Waals surface area contributed by atoms with Crippen molar-refractivity contribution in [2.75, 3.05) is 7.05 Å². The van der Waals surface area contributed by atoms with E-state index in [1.807, 2.05) is 27.0 Å². The largest absolute Gasteiger partial charge is 0.466 e. The van der Waals surface area contributed by atoms with Crippen molar-refractivity contribution in [1.29, 1.82) is 0 Å². The molecule has 2 heterocycles.